The van der Waals surface area contributed by atoms with E-state index < -0.39 is 0 Å². The molecule has 0 aliphatic carbocycles. The van der Waals surface area contributed by atoms with Crippen LogP contribution in [0, 0.1) is 0 Å². The summed E-state index contributed by atoms with van der Waals surface area (Å²) in [5, 5.41) is 4.86. The second-order valence-electron chi connectivity index (χ2n) is 12.1. The van der Waals surface area contributed by atoms with Crippen molar-refractivity contribution in [1.29, 1.82) is 0 Å². The number of rotatable bonds is 4. The van der Waals surface area contributed by atoms with Crippen molar-refractivity contribution >= 4 is 64.5 Å². The molecule has 2 nitrogen and oxygen atoms in total. The number of hydrogen-bond acceptors (Lipinski definition) is 2. The molecule has 0 radical (unpaired) electrons. The van der Waals surface area contributed by atoms with Gasteiger partial charge in [-0.1, -0.05) is 133 Å². The van der Waals surface area contributed by atoms with E-state index in [0.29, 0.717) is 0 Å². The number of benzene rings is 7. The summed E-state index contributed by atoms with van der Waals surface area (Å²) in [5.74, 6) is 0. The number of thiophene rings is 1. The Morgan fingerprint density at radius 3 is 1.57 bits per heavy atom. The van der Waals surface area contributed by atoms with Crippen LogP contribution in [-0.4, -0.2) is 4.57 Å². The molecular formula is C44H27NOS. The summed E-state index contributed by atoms with van der Waals surface area (Å²) in [6, 6.07) is 58.7. The summed E-state index contributed by atoms with van der Waals surface area (Å²) in [4.78, 5) is 0. The van der Waals surface area contributed by atoms with Crippen LogP contribution in [0.2, 0.25) is 0 Å². The van der Waals surface area contributed by atoms with Gasteiger partial charge in [0.15, 0.2) is 5.58 Å². The monoisotopic (exact) mass is 617 g/mol. The third-order valence-corrected chi connectivity index (χ3v) is 10.7. The zero-order valence-electron chi connectivity index (χ0n) is 25.4. The van der Waals surface area contributed by atoms with E-state index in [9.17, 15) is 0 Å². The molecule has 0 aliphatic heterocycles. The molecule has 0 bridgehead atoms. The van der Waals surface area contributed by atoms with E-state index in [4.69, 9.17) is 4.42 Å². The van der Waals surface area contributed by atoms with Gasteiger partial charge in [-0.05, 0) is 58.1 Å². The van der Waals surface area contributed by atoms with Gasteiger partial charge in [-0.25, -0.2) is 0 Å². The Hall–Kier alpha value is -5.90. The number of hydrogen-bond donors (Lipinski definition) is 0. The fourth-order valence-electron chi connectivity index (χ4n) is 7.29. The number of aromatic nitrogens is 1. The van der Waals surface area contributed by atoms with E-state index in [2.05, 4.69) is 168 Å². The minimum absolute atomic E-state index is 0.917. The predicted molar refractivity (Wildman–Crippen MR) is 200 cm³/mol. The van der Waals surface area contributed by atoms with E-state index in [1.165, 1.54) is 42.4 Å². The molecule has 220 valence electrons. The third-order valence-electron chi connectivity index (χ3n) is 9.43. The molecule has 10 rings (SSSR count). The molecular weight excluding hydrogens is 591 g/mol. The van der Waals surface area contributed by atoms with Crippen LogP contribution >= 0.6 is 11.3 Å². The molecule has 0 spiro atoms. The average molecular weight is 618 g/mol. The molecule has 7 aromatic carbocycles. The first-order valence-electron chi connectivity index (χ1n) is 15.9. The minimum Gasteiger partial charge on any atom is -0.453 e. The van der Waals surface area contributed by atoms with Crippen molar-refractivity contribution in [1.82, 2.24) is 4.57 Å². The van der Waals surface area contributed by atoms with Crippen molar-refractivity contribution in [2.45, 2.75) is 0 Å². The Labute approximate surface area is 275 Å². The van der Waals surface area contributed by atoms with Gasteiger partial charge < -0.3 is 8.98 Å². The van der Waals surface area contributed by atoms with Gasteiger partial charge >= 0.3 is 0 Å². The van der Waals surface area contributed by atoms with Crippen LogP contribution < -0.4 is 0 Å². The van der Waals surface area contributed by atoms with Gasteiger partial charge in [0.05, 0.1) is 5.52 Å². The fraction of sp³-hybridized carbons (Fsp3) is 0. The third kappa shape index (κ3) is 3.97. The zero-order valence-corrected chi connectivity index (χ0v) is 26.2. The fourth-order valence-corrected chi connectivity index (χ4v) is 8.66. The van der Waals surface area contributed by atoms with Crippen LogP contribution in [0.5, 0.6) is 0 Å². The topological polar surface area (TPSA) is 18.1 Å². The van der Waals surface area contributed by atoms with Gasteiger partial charge in [-0.15, -0.1) is 11.3 Å². The smallest absolute Gasteiger partial charge is 0.161 e. The molecule has 0 aliphatic rings. The molecule has 0 atom stereocenters. The van der Waals surface area contributed by atoms with Crippen LogP contribution in [0.15, 0.2) is 168 Å². The second kappa shape index (κ2) is 10.3. The van der Waals surface area contributed by atoms with E-state index >= 15 is 0 Å². The number of para-hydroxylation sites is 3. The minimum atomic E-state index is 0.917. The predicted octanol–water partition coefficient (Wildman–Crippen LogP) is 12.9. The van der Waals surface area contributed by atoms with Gasteiger partial charge in [0.1, 0.15) is 11.1 Å². The van der Waals surface area contributed by atoms with Gasteiger partial charge in [0.2, 0.25) is 0 Å². The first kappa shape index (κ1) is 26.3. The zero-order chi connectivity index (χ0) is 30.9. The molecule has 3 aromatic heterocycles. The number of fused-ring (bicyclic) bond motifs is 8. The van der Waals surface area contributed by atoms with Crippen molar-refractivity contribution in [2.24, 2.45) is 0 Å². The van der Waals surface area contributed by atoms with E-state index in [0.717, 1.165) is 49.8 Å². The largest absolute Gasteiger partial charge is 0.453 e. The van der Waals surface area contributed by atoms with Crippen molar-refractivity contribution in [3.63, 3.8) is 0 Å². The quantitative estimate of drug-likeness (QED) is 0.192. The van der Waals surface area contributed by atoms with Crippen molar-refractivity contribution in [3.05, 3.63) is 164 Å². The lowest BCUT2D eigenvalue weighted by atomic mass is 9.97. The lowest BCUT2D eigenvalue weighted by Crippen LogP contribution is -1.92. The molecule has 47 heavy (non-hydrogen) atoms. The van der Waals surface area contributed by atoms with E-state index in [1.807, 2.05) is 11.3 Å². The summed E-state index contributed by atoms with van der Waals surface area (Å²) in [6.45, 7) is 0. The van der Waals surface area contributed by atoms with Crippen LogP contribution in [0.25, 0.3) is 92.2 Å². The van der Waals surface area contributed by atoms with Crippen LogP contribution in [0.4, 0.5) is 0 Å². The molecule has 0 fully saturated rings. The summed E-state index contributed by atoms with van der Waals surface area (Å²) < 4.78 is 11.8. The Bertz CT molecular complexity index is 2770. The molecule has 0 saturated heterocycles. The van der Waals surface area contributed by atoms with Gasteiger partial charge in [-0.3, -0.25) is 0 Å². The van der Waals surface area contributed by atoms with Crippen LogP contribution in [-0.2, 0) is 0 Å². The molecule has 10 aromatic rings. The summed E-state index contributed by atoms with van der Waals surface area (Å²) >= 11 is 1.89. The maximum absolute atomic E-state index is 6.79. The first-order chi connectivity index (χ1) is 23.3. The van der Waals surface area contributed by atoms with Crippen molar-refractivity contribution in [3.8, 4) is 39.1 Å². The SMILES string of the molecule is c1ccc(-c2cccc3c2sc2c(-c4ccc(-c5cccc6c5oc5c7ccccc7n(-c7ccccc7)c65)cc4)cccc23)cc1. The summed E-state index contributed by atoms with van der Waals surface area (Å²) in [6.07, 6.45) is 0. The van der Waals surface area contributed by atoms with Crippen molar-refractivity contribution < 1.29 is 4.42 Å². The van der Waals surface area contributed by atoms with Gasteiger partial charge in [-0.2, -0.15) is 0 Å². The van der Waals surface area contributed by atoms with E-state index in [1.54, 1.807) is 0 Å². The molecule has 0 unspecified atom stereocenters. The molecule has 0 saturated carbocycles. The maximum atomic E-state index is 6.79. The maximum Gasteiger partial charge on any atom is 0.161 e. The van der Waals surface area contributed by atoms with E-state index in [-0.39, 0.29) is 0 Å². The Morgan fingerprint density at radius 2 is 0.894 bits per heavy atom. The number of furan rings is 1. The Morgan fingerprint density at radius 1 is 0.383 bits per heavy atom. The van der Waals surface area contributed by atoms with Crippen molar-refractivity contribution in [2.75, 3.05) is 0 Å². The van der Waals surface area contributed by atoms with Crippen LogP contribution in [0.1, 0.15) is 0 Å². The molecule has 0 amide bonds. The highest BCUT2D eigenvalue weighted by molar-refractivity contribution is 7.26. The number of nitrogens with zero attached hydrogens (tertiary/aromatic N) is 1. The summed E-state index contributed by atoms with van der Waals surface area (Å²) in [7, 11) is 0. The molecule has 3 heteroatoms. The normalized spacial score (nSPS) is 11.8. The lowest BCUT2D eigenvalue weighted by molar-refractivity contribution is 0.674. The first-order valence-corrected chi connectivity index (χ1v) is 16.8. The highest BCUT2D eigenvalue weighted by atomic mass is 32.1. The standard InChI is InChI=1S/C44H27NOS/c1-3-12-28(13-4-1)33-18-10-20-35-36-21-11-19-34(44(36)47-43(33)35)30-26-24-29(25-27-30)32-17-9-22-38-40-42(46-41(32)38)37-16-7-8-23-39(37)45(40)31-14-5-2-6-15-31/h1-27H. The second-order valence-corrected chi connectivity index (χ2v) is 13.1. The lowest BCUT2D eigenvalue weighted by Gasteiger charge is -2.08. The highest BCUT2D eigenvalue weighted by Crippen LogP contribution is 2.45. The van der Waals surface area contributed by atoms with Gasteiger partial charge in [0, 0.05) is 42.2 Å². The van der Waals surface area contributed by atoms with Gasteiger partial charge in [0.25, 0.3) is 0 Å². The summed E-state index contributed by atoms with van der Waals surface area (Å²) in [5.41, 5.74) is 12.5. The average Bonchev–Trinajstić information content (AvgIpc) is 3.81. The molecule has 3 heterocycles. The Kier molecular flexibility index (Phi) is 5.78. The van der Waals surface area contributed by atoms with Crippen LogP contribution in [0.3, 0.4) is 0 Å². The highest BCUT2D eigenvalue weighted by Gasteiger charge is 2.21. The Balaban J connectivity index is 1.11. The molecule has 0 N–H and O–H groups in total.